The van der Waals surface area contributed by atoms with Gasteiger partial charge in [0.2, 0.25) is 0 Å². The Hall–Kier alpha value is 2.26. The van der Waals surface area contributed by atoms with Crippen molar-refractivity contribution in [2.24, 2.45) is 0 Å². The Morgan fingerprint density at radius 3 is 1.25 bits per heavy atom. The molecule has 0 nitrogen and oxygen atoms in total. The minimum atomic E-state index is 0. The molecule has 0 aliphatic heterocycles. The van der Waals surface area contributed by atoms with Gasteiger partial charge < -0.3 is 0 Å². The average Bonchev–Trinajstić information content (AvgIpc) is 0.918. The first-order valence-electron chi connectivity index (χ1n) is 0.333. The number of rotatable bonds is 0. The van der Waals surface area contributed by atoms with Crippen molar-refractivity contribution in [1.29, 1.82) is 0 Å². The van der Waals surface area contributed by atoms with Gasteiger partial charge in [0.25, 0.3) is 0 Å². The zero-order valence-electron chi connectivity index (χ0n) is 2.22. The van der Waals surface area contributed by atoms with E-state index in [0.29, 0.717) is 0 Å². The molecule has 0 N–H and O–H groups in total. The molecule has 0 fully saturated rings. The van der Waals surface area contributed by atoms with Gasteiger partial charge in [0.15, 0.2) is 0 Å². The first kappa shape index (κ1) is 9.54. The molecule has 0 unspecified atom stereocenters. The van der Waals surface area contributed by atoms with E-state index in [9.17, 15) is 0 Å². The van der Waals surface area contributed by atoms with Gasteiger partial charge in [-0.3, -0.25) is 0 Å². The summed E-state index contributed by atoms with van der Waals surface area (Å²) in [4.78, 5) is 0. The summed E-state index contributed by atoms with van der Waals surface area (Å²) in [5.41, 5.74) is 0. The molecule has 4 heavy (non-hydrogen) atoms. The van der Waals surface area contributed by atoms with E-state index in [2.05, 4.69) is 28.8 Å². The van der Waals surface area contributed by atoms with Crippen molar-refractivity contribution in [1.82, 2.24) is 0 Å². The van der Waals surface area contributed by atoms with E-state index in [1.165, 1.54) is 7.61 Å². The molecule has 0 aliphatic carbocycles. The summed E-state index contributed by atoms with van der Waals surface area (Å²) >= 11 is 5.33. The summed E-state index contributed by atoms with van der Waals surface area (Å²) in [5.74, 6) is 0. The summed E-state index contributed by atoms with van der Waals surface area (Å²) in [5, 5.41) is 0. The Balaban J connectivity index is 0. The van der Waals surface area contributed by atoms with Crippen LogP contribution in [-0.4, -0.2) is 58.3 Å². The average molecular weight is 213 g/mol. The monoisotopic (exact) mass is 215 g/mol. The molecule has 0 aliphatic rings. The van der Waals surface area contributed by atoms with E-state index in [0.717, 1.165) is 0 Å². The first-order chi connectivity index (χ1) is 1.41. The van der Waals surface area contributed by atoms with Gasteiger partial charge in [-0.25, -0.2) is 0 Å². The van der Waals surface area contributed by atoms with Crippen LogP contribution in [0.25, 0.3) is 0 Å². The van der Waals surface area contributed by atoms with Crippen LogP contribution in [0.5, 0.6) is 0 Å². The molecule has 0 spiro atoms. The Labute approximate surface area is 64.9 Å². The van der Waals surface area contributed by atoms with E-state index in [1.54, 1.807) is 0 Å². The van der Waals surface area contributed by atoms with Crippen LogP contribution < -0.4 is 0 Å². The molecule has 4 heteroatoms. The molecule has 0 aromatic heterocycles. The van der Waals surface area contributed by atoms with Gasteiger partial charge >= 0.3 is 36.4 Å². The van der Waals surface area contributed by atoms with Crippen LogP contribution in [0.3, 0.4) is 0 Å². The number of hydrogen-bond acceptors (Lipinski definition) is 0. The Morgan fingerprint density at radius 1 is 1.25 bits per heavy atom. The van der Waals surface area contributed by atoms with Gasteiger partial charge in [-0.15, -0.1) is 0 Å². The van der Waals surface area contributed by atoms with Gasteiger partial charge in [-0.1, -0.05) is 0 Å². The zero-order valence-corrected chi connectivity index (χ0v) is 8.47. The Kier molecular flexibility index (Phi) is 21.4. The normalized spacial score (nSPS) is 3.00. The topological polar surface area (TPSA) is 0 Å². The molecule has 0 saturated carbocycles. The molecule has 0 saturated heterocycles. The summed E-state index contributed by atoms with van der Waals surface area (Å²) in [6.45, 7) is 0. The third-order valence-electron chi connectivity index (χ3n) is 0. The molecule has 19 valence electrons. The Bertz CT molecular complexity index is 27.0. The first-order valence-corrected chi connectivity index (χ1v) is 5.20. The molecule has 0 amide bonds. The molecule has 0 bridgehead atoms. The van der Waals surface area contributed by atoms with E-state index in [1.807, 2.05) is 0 Å². The predicted octanol–water partition coefficient (Wildman–Crippen LogP) is -0.494. The third kappa shape index (κ3) is 8.86. The van der Waals surface area contributed by atoms with Crippen molar-refractivity contribution in [2.75, 3.05) is 0 Å². The van der Waals surface area contributed by atoms with E-state index < -0.39 is 0 Å². The molecule has 0 heterocycles. The van der Waals surface area contributed by atoms with Crippen LogP contribution in [0.2, 0.25) is 0 Å². The van der Waals surface area contributed by atoms with Crippen LogP contribution in [0.15, 0.2) is 0 Å². The fraction of sp³-hybridized carbons (Fsp3) is 0. The zero-order chi connectivity index (χ0) is 2.71. The molecule has 0 aromatic rings. The van der Waals surface area contributed by atoms with Gasteiger partial charge in [0.05, 0.1) is 0 Å². The second-order valence-electron chi connectivity index (χ2n) is 0.0680. The molecular weight excluding hydrogens is 213 g/mol. The predicted molar refractivity (Wildman–Crippen MR) is 24.9 cm³/mol. The second kappa shape index (κ2) is 8.98. The minimum absolute atomic E-state index is 0. The molecular formula is NaSSe2. The van der Waals surface area contributed by atoms with Crippen molar-refractivity contribution >= 4 is 65.9 Å². The fourth-order valence-corrected chi connectivity index (χ4v) is 0. The van der Waals surface area contributed by atoms with Crippen molar-refractivity contribution in [3.63, 3.8) is 0 Å². The van der Waals surface area contributed by atoms with E-state index >= 15 is 0 Å². The molecule has 1 radical (unpaired) electrons. The third-order valence-corrected chi connectivity index (χ3v) is 0. The summed E-state index contributed by atoms with van der Waals surface area (Å²) < 4.78 is 0. The summed E-state index contributed by atoms with van der Waals surface area (Å²) in [7, 11) is 1.50. The summed E-state index contributed by atoms with van der Waals surface area (Å²) in [6.07, 6.45) is 0. The van der Waals surface area contributed by atoms with Crippen LogP contribution in [0.4, 0.5) is 0 Å². The Morgan fingerprint density at radius 2 is 1.25 bits per heavy atom. The van der Waals surface area contributed by atoms with E-state index in [-0.39, 0.29) is 29.6 Å². The van der Waals surface area contributed by atoms with Crippen LogP contribution in [0, 0.1) is 0 Å². The van der Waals surface area contributed by atoms with Gasteiger partial charge in [-0.05, 0) is 0 Å². The van der Waals surface area contributed by atoms with Gasteiger partial charge in [0.1, 0.15) is 0 Å². The van der Waals surface area contributed by atoms with Crippen LogP contribution in [-0.2, 0) is 0 Å². The maximum absolute atomic E-state index is 2.67. The van der Waals surface area contributed by atoms with Gasteiger partial charge in [0, 0.05) is 29.6 Å². The summed E-state index contributed by atoms with van der Waals surface area (Å²) in [6, 6.07) is 0. The van der Waals surface area contributed by atoms with Crippen molar-refractivity contribution in [3.8, 4) is 0 Å². The van der Waals surface area contributed by atoms with Crippen molar-refractivity contribution in [3.05, 3.63) is 0 Å². The van der Waals surface area contributed by atoms with Crippen molar-refractivity contribution in [2.45, 2.75) is 0 Å². The van der Waals surface area contributed by atoms with E-state index in [4.69, 9.17) is 0 Å². The quantitative estimate of drug-likeness (QED) is 0.476. The maximum atomic E-state index is 2.67. The van der Waals surface area contributed by atoms with Gasteiger partial charge in [-0.2, -0.15) is 0 Å². The standard InChI is InChI=1S/Na.SSe2/c;2-1-3. The van der Waals surface area contributed by atoms with Crippen LogP contribution >= 0.6 is 7.61 Å². The molecule has 0 aromatic carbocycles. The SMILES string of the molecule is [Na].[Se]=S=[Se]. The van der Waals surface area contributed by atoms with Crippen molar-refractivity contribution < 1.29 is 0 Å². The number of hydrogen-bond donors (Lipinski definition) is 0. The molecule has 0 atom stereocenters. The van der Waals surface area contributed by atoms with Crippen LogP contribution in [0.1, 0.15) is 0 Å². The second-order valence-corrected chi connectivity index (χ2v) is 5.51. The molecule has 0 rings (SSSR count). The fourth-order valence-electron chi connectivity index (χ4n) is 0.